The predicted molar refractivity (Wildman–Crippen MR) is 69.4 cm³/mol. The summed E-state index contributed by atoms with van der Waals surface area (Å²) >= 11 is 0. The average molecular weight is 254 g/mol. The van der Waals surface area contributed by atoms with Crippen LogP contribution in [0.3, 0.4) is 0 Å². The van der Waals surface area contributed by atoms with Crippen molar-refractivity contribution in [2.75, 3.05) is 11.9 Å². The third-order valence-electron chi connectivity index (χ3n) is 3.12. The van der Waals surface area contributed by atoms with E-state index in [0.717, 1.165) is 5.69 Å². The lowest BCUT2D eigenvalue weighted by atomic mass is 10.0. The number of fused-ring (bicyclic) bond motifs is 1. The Balaban J connectivity index is 1.94. The smallest absolute Gasteiger partial charge is 0.142 e. The maximum atomic E-state index is 13.7. The molecule has 19 heavy (non-hydrogen) atoms. The van der Waals surface area contributed by atoms with Gasteiger partial charge in [-0.2, -0.15) is 5.26 Å². The normalized spacial score (nSPS) is 16.7. The van der Waals surface area contributed by atoms with Gasteiger partial charge >= 0.3 is 0 Å². The molecular formula is C15H11FN2O. The van der Waals surface area contributed by atoms with Crippen molar-refractivity contribution in [2.24, 2.45) is 0 Å². The van der Waals surface area contributed by atoms with Crippen LogP contribution in [-0.2, 0) is 0 Å². The monoisotopic (exact) mass is 254 g/mol. The minimum Gasteiger partial charge on any atom is -0.489 e. The molecule has 0 saturated carbocycles. The van der Waals surface area contributed by atoms with Gasteiger partial charge in [0, 0.05) is 5.56 Å². The second kappa shape index (κ2) is 4.62. The van der Waals surface area contributed by atoms with E-state index in [-0.39, 0.29) is 11.9 Å². The molecule has 0 amide bonds. The van der Waals surface area contributed by atoms with Crippen molar-refractivity contribution in [3.63, 3.8) is 0 Å². The van der Waals surface area contributed by atoms with Crippen molar-refractivity contribution in [1.82, 2.24) is 0 Å². The molecule has 1 atom stereocenters. The van der Waals surface area contributed by atoms with E-state index in [1.54, 1.807) is 36.4 Å². The molecule has 1 N–H and O–H groups in total. The van der Waals surface area contributed by atoms with Crippen LogP contribution in [0, 0.1) is 17.1 Å². The molecule has 2 aromatic carbocycles. The zero-order valence-electron chi connectivity index (χ0n) is 10.1. The molecule has 3 rings (SSSR count). The van der Waals surface area contributed by atoms with Gasteiger partial charge in [-0.15, -0.1) is 0 Å². The Morgan fingerprint density at radius 3 is 2.89 bits per heavy atom. The molecule has 94 valence electrons. The Hall–Kier alpha value is -2.54. The van der Waals surface area contributed by atoms with Gasteiger partial charge in [0.2, 0.25) is 0 Å². The van der Waals surface area contributed by atoms with E-state index in [4.69, 9.17) is 10.00 Å². The molecule has 1 unspecified atom stereocenters. The number of hydrogen-bond acceptors (Lipinski definition) is 3. The van der Waals surface area contributed by atoms with E-state index in [2.05, 4.69) is 11.4 Å². The minimum atomic E-state index is -0.261. The number of nitriles is 1. The fourth-order valence-electron chi connectivity index (χ4n) is 2.17. The average Bonchev–Trinajstić information content (AvgIpc) is 2.46. The lowest BCUT2D eigenvalue weighted by Crippen LogP contribution is -2.24. The highest BCUT2D eigenvalue weighted by molar-refractivity contribution is 5.62. The highest BCUT2D eigenvalue weighted by Gasteiger charge is 2.22. The summed E-state index contributed by atoms with van der Waals surface area (Å²) < 4.78 is 19.4. The number of halogens is 1. The summed E-state index contributed by atoms with van der Waals surface area (Å²) in [6.07, 6.45) is 0. The van der Waals surface area contributed by atoms with E-state index in [1.807, 2.05) is 0 Å². The SMILES string of the molecule is N#Cc1ccc2c(c1)NC(c1ccccc1F)CO2. The van der Waals surface area contributed by atoms with Gasteiger partial charge in [0.25, 0.3) is 0 Å². The molecule has 1 aliphatic heterocycles. The number of hydrogen-bond donors (Lipinski definition) is 1. The molecule has 0 fully saturated rings. The molecule has 0 saturated heterocycles. The van der Waals surface area contributed by atoms with E-state index < -0.39 is 0 Å². The molecule has 2 aromatic rings. The number of nitrogens with zero attached hydrogens (tertiary/aromatic N) is 1. The number of anilines is 1. The van der Waals surface area contributed by atoms with Gasteiger partial charge in [0.1, 0.15) is 18.2 Å². The molecule has 0 bridgehead atoms. The third kappa shape index (κ3) is 2.11. The summed E-state index contributed by atoms with van der Waals surface area (Å²) in [5.41, 5.74) is 1.83. The molecular weight excluding hydrogens is 243 g/mol. The van der Waals surface area contributed by atoms with Crippen LogP contribution in [0.4, 0.5) is 10.1 Å². The van der Waals surface area contributed by atoms with E-state index in [9.17, 15) is 4.39 Å². The van der Waals surface area contributed by atoms with Gasteiger partial charge in [-0.05, 0) is 24.3 Å². The topological polar surface area (TPSA) is 45.0 Å². The Morgan fingerprint density at radius 1 is 1.26 bits per heavy atom. The fourth-order valence-corrected chi connectivity index (χ4v) is 2.17. The first kappa shape index (κ1) is 11.5. The van der Waals surface area contributed by atoms with E-state index in [0.29, 0.717) is 23.5 Å². The Morgan fingerprint density at radius 2 is 2.11 bits per heavy atom. The highest BCUT2D eigenvalue weighted by Crippen LogP contribution is 2.34. The summed E-state index contributed by atoms with van der Waals surface area (Å²) in [6.45, 7) is 0.361. The second-order valence-corrected chi connectivity index (χ2v) is 4.35. The zero-order valence-corrected chi connectivity index (χ0v) is 10.1. The highest BCUT2D eigenvalue weighted by atomic mass is 19.1. The van der Waals surface area contributed by atoms with Gasteiger partial charge in [0.05, 0.1) is 23.4 Å². The second-order valence-electron chi connectivity index (χ2n) is 4.35. The van der Waals surface area contributed by atoms with Crippen LogP contribution in [-0.4, -0.2) is 6.61 Å². The Kier molecular flexibility index (Phi) is 2.81. The van der Waals surface area contributed by atoms with Crippen LogP contribution in [0.5, 0.6) is 5.75 Å². The van der Waals surface area contributed by atoms with Crippen molar-refractivity contribution in [3.05, 3.63) is 59.4 Å². The van der Waals surface area contributed by atoms with E-state index >= 15 is 0 Å². The van der Waals surface area contributed by atoms with Crippen molar-refractivity contribution in [3.8, 4) is 11.8 Å². The van der Waals surface area contributed by atoms with Gasteiger partial charge in [-0.25, -0.2) is 4.39 Å². The third-order valence-corrected chi connectivity index (χ3v) is 3.12. The van der Waals surface area contributed by atoms with Crippen LogP contribution < -0.4 is 10.1 Å². The quantitative estimate of drug-likeness (QED) is 0.849. The van der Waals surface area contributed by atoms with Crippen LogP contribution in [0.1, 0.15) is 17.2 Å². The first-order valence-corrected chi connectivity index (χ1v) is 5.96. The Labute approximate surface area is 110 Å². The van der Waals surface area contributed by atoms with Crippen LogP contribution >= 0.6 is 0 Å². The predicted octanol–water partition coefficient (Wildman–Crippen LogP) is 3.24. The molecule has 0 aliphatic carbocycles. The summed E-state index contributed by atoms with van der Waals surface area (Å²) in [6, 6.07) is 13.6. The van der Waals surface area contributed by atoms with Crippen molar-refractivity contribution in [1.29, 1.82) is 5.26 Å². The summed E-state index contributed by atoms with van der Waals surface area (Å²) in [7, 11) is 0. The Bertz CT molecular complexity index is 663. The van der Waals surface area contributed by atoms with Gasteiger partial charge < -0.3 is 10.1 Å². The van der Waals surface area contributed by atoms with Gasteiger partial charge in [0.15, 0.2) is 0 Å². The number of nitrogens with one attached hydrogen (secondary N) is 1. The fraction of sp³-hybridized carbons (Fsp3) is 0.133. The summed E-state index contributed by atoms with van der Waals surface area (Å²) in [5.74, 6) is 0.426. The van der Waals surface area contributed by atoms with Crippen LogP contribution in [0.2, 0.25) is 0 Å². The van der Waals surface area contributed by atoms with Crippen LogP contribution in [0.25, 0.3) is 0 Å². The van der Waals surface area contributed by atoms with Crippen molar-refractivity contribution < 1.29 is 9.13 Å². The number of benzene rings is 2. The van der Waals surface area contributed by atoms with E-state index in [1.165, 1.54) is 6.07 Å². The van der Waals surface area contributed by atoms with Crippen molar-refractivity contribution >= 4 is 5.69 Å². The first-order chi connectivity index (χ1) is 9.28. The molecule has 3 nitrogen and oxygen atoms in total. The number of ether oxygens (including phenoxy) is 1. The molecule has 0 aromatic heterocycles. The summed E-state index contributed by atoms with van der Waals surface area (Å²) in [4.78, 5) is 0. The lowest BCUT2D eigenvalue weighted by molar-refractivity contribution is 0.284. The molecule has 1 aliphatic rings. The van der Waals surface area contributed by atoms with Crippen molar-refractivity contribution in [2.45, 2.75) is 6.04 Å². The summed E-state index contributed by atoms with van der Waals surface area (Å²) in [5, 5.41) is 12.1. The maximum absolute atomic E-state index is 13.7. The van der Waals surface area contributed by atoms with Gasteiger partial charge in [-0.1, -0.05) is 18.2 Å². The number of rotatable bonds is 1. The first-order valence-electron chi connectivity index (χ1n) is 5.96. The lowest BCUT2D eigenvalue weighted by Gasteiger charge is -2.28. The zero-order chi connectivity index (χ0) is 13.2. The van der Waals surface area contributed by atoms with Crippen LogP contribution in [0.15, 0.2) is 42.5 Å². The molecule has 1 heterocycles. The molecule has 0 spiro atoms. The van der Waals surface area contributed by atoms with Gasteiger partial charge in [-0.3, -0.25) is 0 Å². The largest absolute Gasteiger partial charge is 0.489 e. The minimum absolute atomic E-state index is 0.248. The maximum Gasteiger partial charge on any atom is 0.142 e. The standard InChI is InChI=1S/C15H11FN2O/c16-12-4-2-1-3-11(12)14-9-19-15-6-5-10(8-17)7-13(15)18-14/h1-7,14,18H,9H2. The molecule has 0 radical (unpaired) electrons. The molecule has 4 heteroatoms.